The Morgan fingerprint density at radius 3 is 2.00 bits per heavy atom. The topological polar surface area (TPSA) is 85.0 Å². The number of rotatable bonds is 14. The fraction of sp³-hybridized carbons (Fsp3) is 0.265. The summed E-state index contributed by atoms with van der Waals surface area (Å²) in [5.74, 6) is 0.493. The molecule has 0 aliphatic heterocycles. The maximum Gasteiger partial charge on any atom is 0.320 e. The van der Waals surface area contributed by atoms with Gasteiger partial charge in [0.1, 0.15) is 30.8 Å². The molecule has 0 radical (unpaired) electrons. The van der Waals surface area contributed by atoms with E-state index in [1.807, 2.05) is 66.7 Å². The van der Waals surface area contributed by atoms with Gasteiger partial charge < -0.3 is 20.3 Å². The summed E-state index contributed by atoms with van der Waals surface area (Å²) in [6.07, 6.45) is 0.293. The molecule has 0 unspecified atom stereocenters. The maximum atomic E-state index is 11.5. The number of carboxylic acids is 1. The zero-order valence-electron chi connectivity index (χ0n) is 23.6. The van der Waals surface area contributed by atoms with E-state index in [9.17, 15) is 9.90 Å². The molecule has 41 heavy (non-hydrogen) atoms. The van der Waals surface area contributed by atoms with Gasteiger partial charge in [0.2, 0.25) is 0 Å². The van der Waals surface area contributed by atoms with Crippen molar-refractivity contribution in [2.24, 2.45) is 5.73 Å². The molecule has 0 bridgehead atoms. The number of hydrogen-bond acceptors (Lipinski definition) is 5. The zero-order chi connectivity index (χ0) is 29.2. The van der Waals surface area contributed by atoms with E-state index in [1.54, 1.807) is 0 Å². The highest BCUT2D eigenvalue weighted by molar-refractivity contribution is 6.30. The van der Waals surface area contributed by atoms with E-state index in [0.717, 1.165) is 33.8 Å². The van der Waals surface area contributed by atoms with Crippen LogP contribution in [0.2, 0.25) is 5.02 Å². The van der Waals surface area contributed by atoms with Crippen LogP contribution < -0.4 is 15.2 Å². The van der Waals surface area contributed by atoms with Gasteiger partial charge in [-0.1, -0.05) is 89.5 Å². The minimum atomic E-state index is -1.02. The lowest BCUT2D eigenvalue weighted by Gasteiger charge is -2.26. The maximum absolute atomic E-state index is 11.5. The number of carboxylic acid groups (broad SMARTS) is 1. The normalized spacial score (nSPS) is 11.8. The molecule has 1 atom stereocenters. The Morgan fingerprint density at radius 1 is 0.805 bits per heavy atom. The largest absolute Gasteiger partial charge is 0.489 e. The van der Waals surface area contributed by atoms with Gasteiger partial charge in [-0.15, -0.1) is 0 Å². The number of nitrogens with zero attached hydrogens (tertiary/aromatic N) is 1. The fourth-order valence-corrected chi connectivity index (χ4v) is 4.85. The van der Waals surface area contributed by atoms with Gasteiger partial charge in [0.15, 0.2) is 0 Å². The Labute approximate surface area is 247 Å². The molecule has 0 aliphatic carbocycles. The third-order valence-electron chi connectivity index (χ3n) is 6.81. The lowest BCUT2D eigenvalue weighted by Crippen LogP contribution is -2.35. The average molecular weight is 573 g/mol. The number of nitrogens with two attached hydrogens (primary N) is 1. The number of hydrogen-bond donors (Lipinski definition) is 2. The molecule has 214 valence electrons. The van der Waals surface area contributed by atoms with Gasteiger partial charge in [0, 0.05) is 35.8 Å². The molecule has 4 aromatic carbocycles. The summed E-state index contributed by atoms with van der Waals surface area (Å²) in [4.78, 5) is 13.6. The molecule has 4 rings (SSSR count). The molecule has 0 spiro atoms. The average Bonchev–Trinajstić information content (AvgIpc) is 2.95. The molecule has 0 aromatic heterocycles. The number of aliphatic carboxylic acids is 1. The molecule has 0 aliphatic rings. The Hall–Kier alpha value is -3.84. The zero-order valence-corrected chi connectivity index (χ0v) is 24.3. The lowest BCUT2D eigenvalue weighted by atomic mass is 10.1. The SMILES string of the molecule is Cc1cccc(COc2ccccc2CN(CC[C@H](N)C(=O)O)Cc2cc(Cl)ccc2OCc2cccc(C)c2)c1. The fourth-order valence-electron chi connectivity index (χ4n) is 4.65. The second-order valence-corrected chi connectivity index (χ2v) is 10.8. The number of para-hydroxylation sites is 1. The first-order chi connectivity index (χ1) is 19.8. The van der Waals surface area contributed by atoms with Crippen LogP contribution in [0.3, 0.4) is 0 Å². The molecule has 0 fully saturated rings. The molecule has 7 heteroatoms. The predicted octanol–water partition coefficient (Wildman–Crippen LogP) is 6.92. The van der Waals surface area contributed by atoms with E-state index < -0.39 is 12.0 Å². The van der Waals surface area contributed by atoms with Crippen LogP contribution in [0, 0.1) is 13.8 Å². The smallest absolute Gasteiger partial charge is 0.320 e. The van der Waals surface area contributed by atoms with Gasteiger partial charge in [-0.25, -0.2) is 0 Å². The first kappa shape index (κ1) is 30.1. The molecule has 3 N–H and O–H groups in total. The summed E-state index contributed by atoms with van der Waals surface area (Å²) >= 11 is 6.41. The second-order valence-electron chi connectivity index (χ2n) is 10.4. The van der Waals surface area contributed by atoms with Crippen LogP contribution in [0.1, 0.15) is 39.8 Å². The van der Waals surface area contributed by atoms with E-state index in [0.29, 0.717) is 44.3 Å². The van der Waals surface area contributed by atoms with E-state index in [4.69, 9.17) is 26.8 Å². The number of ether oxygens (including phenoxy) is 2. The highest BCUT2D eigenvalue weighted by Crippen LogP contribution is 2.28. The van der Waals surface area contributed by atoms with Gasteiger partial charge in [-0.2, -0.15) is 0 Å². The molecule has 0 heterocycles. The standard InChI is InChI=1S/C34H37ClN2O4/c1-24-7-5-9-26(17-24)22-40-32-12-4-3-11-28(32)20-37(16-15-31(36)34(38)39)21-29-19-30(35)13-14-33(29)41-23-27-10-6-8-25(2)18-27/h3-14,17-19,31H,15-16,20-23,36H2,1-2H3,(H,38,39)/t31-/m0/s1. The van der Waals surface area contributed by atoms with Crippen molar-refractivity contribution < 1.29 is 19.4 Å². The van der Waals surface area contributed by atoms with E-state index in [1.165, 1.54) is 11.1 Å². The molecular formula is C34H37ClN2O4. The summed E-state index contributed by atoms with van der Waals surface area (Å²) in [6.45, 7) is 6.47. The van der Waals surface area contributed by atoms with Crippen molar-refractivity contribution in [1.29, 1.82) is 0 Å². The van der Waals surface area contributed by atoms with Crippen molar-refractivity contribution in [2.75, 3.05) is 6.54 Å². The Balaban J connectivity index is 1.54. The van der Waals surface area contributed by atoms with E-state index >= 15 is 0 Å². The van der Waals surface area contributed by atoms with Crippen molar-refractivity contribution in [3.05, 3.63) is 129 Å². The first-order valence-electron chi connectivity index (χ1n) is 13.7. The van der Waals surface area contributed by atoms with Gasteiger partial charge >= 0.3 is 5.97 Å². The highest BCUT2D eigenvalue weighted by Gasteiger charge is 2.18. The Morgan fingerprint density at radius 2 is 1.39 bits per heavy atom. The van der Waals surface area contributed by atoms with Crippen LogP contribution in [-0.2, 0) is 31.1 Å². The van der Waals surface area contributed by atoms with Crippen LogP contribution in [0.4, 0.5) is 0 Å². The van der Waals surface area contributed by atoms with Crippen molar-refractivity contribution in [1.82, 2.24) is 4.90 Å². The number of halogens is 1. The highest BCUT2D eigenvalue weighted by atomic mass is 35.5. The van der Waals surface area contributed by atoms with Crippen LogP contribution >= 0.6 is 11.6 Å². The van der Waals surface area contributed by atoms with Crippen LogP contribution in [0.15, 0.2) is 91.0 Å². The van der Waals surface area contributed by atoms with Crippen molar-refractivity contribution >= 4 is 17.6 Å². The van der Waals surface area contributed by atoms with E-state index in [-0.39, 0.29) is 0 Å². The summed E-state index contributed by atoms with van der Waals surface area (Å²) in [5.41, 5.74) is 12.3. The minimum absolute atomic E-state index is 0.293. The van der Waals surface area contributed by atoms with Crippen LogP contribution in [0.25, 0.3) is 0 Å². The number of aryl methyl sites for hydroxylation is 2. The van der Waals surface area contributed by atoms with Crippen molar-refractivity contribution in [3.63, 3.8) is 0 Å². The second kappa shape index (κ2) is 14.7. The molecule has 6 nitrogen and oxygen atoms in total. The summed E-state index contributed by atoms with van der Waals surface area (Å²) in [5, 5.41) is 10.00. The quantitative estimate of drug-likeness (QED) is 0.171. The number of benzene rings is 4. The molecule has 0 saturated carbocycles. The van der Waals surface area contributed by atoms with Crippen molar-refractivity contribution in [2.45, 2.75) is 52.6 Å². The molecule has 4 aromatic rings. The van der Waals surface area contributed by atoms with E-state index in [2.05, 4.69) is 43.0 Å². The van der Waals surface area contributed by atoms with Gasteiger partial charge in [0.25, 0.3) is 0 Å². The molecular weight excluding hydrogens is 536 g/mol. The monoisotopic (exact) mass is 572 g/mol. The molecule has 0 amide bonds. The third kappa shape index (κ3) is 9.35. The van der Waals surface area contributed by atoms with Gasteiger partial charge in [-0.3, -0.25) is 9.69 Å². The number of carbonyl (C=O) groups is 1. The Kier molecular flexibility index (Phi) is 10.8. The molecule has 0 saturated heterocycles. The van der Waals surface area contributed by atoms with Crippen LogP contribution in [-0.4, -0.2) is 28.6 Å². The minimum Gasteiger partial charge on any atom is -0.489 e. The van der Waals surface area contributed by atoms with Gasteiger partial charge in [-0.05, 0) is 55.7 Å². The Bertz CT molecular complexity index is 1460. The third-order valence-corrected chi connectivity index (χ3v) is 7.05. The first-order valence-corrected chi connectivity index (χ1v) is 14.1. The summed E-state index contributed by atoms with van der Waals surface area (Å²) in [7, 11) is 0. The van der Waals surface area contributed by atoms with Gasteiger partial charge in [0.05, 0.1) is 0 Å². The lowest BCUT2D eigenvalue weighted by molar-refractivity contribution is -0.138. The van der Waals surface area contributed by atoms with Crippen LogP contribution in [0.5, 0.6) is 11.5 Å². The predicted molar refractivity (Wildman–Crippen MR) is 163 cm³/mol. The van der Waals surface area contributed by atoms with Crippen molar-refractivity contribution in [3.8, 4) is 11.5 Å². The summed E-state index contributed by atoms with van der Waals surface area (Å²) < 4.78 is 12.5. The summed E-state index contributed by atoms with van der Waals surface area (Å²) in [6, 6.07) is 29.0.